The molecule has 0 fully saturated rings. The number of anilines is 1. The van der Waals surface area contributed by atoms with Crippen LogP contribution in [0.4, 0.5) is 5.69 Å². The summed E-state index contributed by atoms with van der Waals surface area (Å²) in [5, 5.41) is 4.07. The van der Waals surface area contributed by atoms with Gasteiger partial charge in [0.15, 0.2) is 6.61 Å². The lowest BCUT2D eigenvalue weighted by molar-refractivity contribution is -0.122. The molecule has 1 aromatic heterocycles. The van der Waals surface area contributed by atoms with Crippen molar-refractivity contribution in [3.8, 4) is 5.75 Å². The van der Waals surface area contributed by atoms with E-state index >= 15 is 0 Å². The van der Waals surface area contributed by atoms with Crippen molar-refractivity contribution in [2.75, 3.05) is 18.1 Å². The molecule has 0 saturated heterocycles. The van der Waals surface area contributed by atoms with Crippen LogP contribution in [-0.2, 0) is 9.59 Å². The van der Waals surface area contributed by atoms with E-state index in [0.717, 1.165) is 16.5 Å². The number of benzene rings is 3. The number of ether oxygens (including phenoxy) is 1. The molecule has 2 amide bonds. The van der Waals surface area contributed by atoms with E-state index in [1.165, 1.54) is 0 Å². The van der Waals surface area contributed by atoms with E-state index in [4.69, 9.17) is 9.15 Å². The Kier molecular flexibility index (Phi) is 5.34. The number of nitrogens with zero attached hydrogens (tertiary/aromatic N) is 1. The number of rotatable bonds is 6. The molecular weight excluding hydrogens is 404 g/mol. The van der Waals surface area contributed by atoms with Crippen molar-refractivity contribution < 1.29 is 18.7 Å². The first-order valence-corrected chi connectivity index (χ1v) is 10.5. The quantitative estimate of drug-likeness (QED) is 0.494. The first-order chi connectivity index (χ1) is 15.7. The van der Waals surface area contributed by atoms with Crippen LogP contribution >= 0.6 is 0 Å². The number of carbonyl (C=O) groups is 2. The highest BCUT2D eigenvalue weighted by Gasteiger charge is 2.26. The Balaban J connectivity index is 1.35. The van der Waals surface area contributed by atoms with E-state index < -0.39 is 6.04 Å². The molecule has 32 heavy (non-hydrogen) atoms. The minimum atomic E-state index is -0.427. The number of hydrogen-bond donors (Lipinski definition) is 1. The van der Waals surface area contributed by atoms with Crippen LogP contribution in [0.3, 0.4) is 0 Å². The molecule has 0 bridgehead atoms. The average Bonchev–Trinajstić information content (AvgIpc) is 3.26. The lowest BCUT2D eigenvalue weighted by Gasteiger charge is -2.29. The van der Waals surface area contributed by atoms with Gasteiger partial charge < -0.3 is 19.4 Å². The number of fused-ring (bicyclic) bond motifs is 2. The van der Waals surface area contributed by atoms with E-state index in [1.54, 1.807) is 4.90 Å². The number of nitrogens with one attached hydrogen (secondary N) is 1. The minimum Gasteiger partial charge on any atom is -0.482 e. The Hall–Kier alpha value is -4.06. The first kappa shape index (κ1) is 19.9. The number of carbonyl (C=O) groups excluding carboxylic acids is 2. The van der Waals surface area contributed by atoms with Crippen molar-refractivity contribution >= 4 is 28.5 Å². The molecule has 3 aromatic carbocycles. The summed E-state index contributed by atoms with van der Waals surface area (Å²) >= 11 is 0. The molecule has 0 spiro atoms. The van der Waals surface area contributed by atoms with Gasteiger partial charge in [-0.2, -0.15) is 0 Å². The molecule has 1 unspecified atom stereocenters. The minimum absolute atomic E-state index is 0.0236. The maximum absolute atomic E-state index is 13.0. The molecule has 4 aromatic rings. The van der Waals surface area contributed by atoms with Gasteiger partial charge in [-0.1, -0.05) is 60.7 Å². The third-order valence-corrected chi connectivity index (χ3v) is 5.54. The number of amides is 2. The summed E-state index contributed by atoms with van der Waals surface area (Å²) in [6, 6.07) is 26.4. The van der Waals surface area contributed by atoms with Gasteiger partial charge in [0.2, 0.25) is 5.91 Å². The zero-order valence-corrected chi connectivity index (χ0v) is 17.4. The second-order valence-electron chi connectivity index (χ2n) is 7.65. The molecule has 1 N–H and O–H groups in total. The molecule has 2 heterocycles. The van der Waals surface area contributed by atoms with Gasteiger partial charge in [0.1, 0.15) is 23.1 Å². The second-order valence-corrected chi connectivity index (χ2v) is 7.65. The van der Waals surface area contributed by atoms with E-state index in [-0.39, 0.29) is 31.4 Å². The van der Waals surface area contributed by atoms with Gasteiger partial charge in [0, 0.05) is 18.4 Å². The lowest BCUT2D eigenvalue weighted by Crippen LogP contribution is -2.41. The Morgan fingerprint density at radius 3 is 2.56 bits per heavy atom. The van der Waals surface area contributed by atoms with Gasteiger partial charge in [-0.3, -0.25) is 9.59 Å². The average molecular weight is 426 g/mol. The third-order valence-electron chi connectivity index (χ3n) is 5.54. The van der Waals surface area contributed by atoms with Gasteiger partial charge in [-0.25, -0.2) is 0 Å². The van der Waals surface area contributed by atoms with Gasteiger partial charge in [-0.15, -0.1) is 0 Å². The second kappa shape index (κ2) is 8.59. The van der Waals surface area contributed by atoms with Gasteiger partial charge in [-0.05, 0) is 29.8 Å². The van der Waals surface area contributed by atoms with Crippen LogP contribution in [0.25, 0.3) is 11.0 Å². The summed E-state index contributed by atoms with van der Waals surface area (Å²) in [5.41, 5.74) is 2.38. The standard InChI is InChI=1S/C26H22N2O4/c29-24(14-15-28-20-11-5-7-13-22(20)31-17-25(28)30)27-26(18-8-2-1-3-9-18)23-16-19-10-4-6-12-21(19)32-23/h1-13,16,26H,14-15,17H2,(H,27,29). The van der Waals surface area contributed by atoms with E-state index in [2.05, 4.69) is 5.32 Å². The van der Waals surface area contributed by atoms with Crippen LogP contribution in [0.5, 0.6) is 5.75 Å². The van der Waals surface area contributed by atoms with Crippen LogP contribution in [0.1, 0.15) is 23.8 Å². The normalized spacial score (nSPS) is 14.0. The summed E-state index contributed by atoms with van der Waals surface area (Å²) in [5.74, 6) is 0.986. The first-order valence-electron chi connectivity index (χ1n) is 10.5. The topological polar surface area (TPSA) is 71.8 Å². The van der Waals surface area contributed by atoms with Crippen LogP contribution in [0.2, 0.25) is 0 Å². The SMILES string of the molecule is O=C(CCN1C(=O)COc2ccccc21)NC(c1ccccc1)c1cc2ccccc2o1. The smallest absolute Gasteiger partial charge is 0.265 e. The Morgan fingerprint density at radius 2 is 1.72 bits per heavy atom. The molecule has 1 aliphatic heterocycles. The van der Waals surface area contributed by atoms with E-state index in [1.807, 2.05) is 84.9 Å². The lowest BCUT2D eigenvalue weighted by atomic mass is 10.0. The fourth-order valence-corrected chi connectivity index (χ4v) is 3.95. The van der Waals surface area contributed by atoms with E-state index in [9.17, 15) is 9.59 Å². The zero-order chi connectivity index (χ0) is 21.9. The maximum Gasteiger partial charge on any atom is 0.265 e. The zero-order valence-electron chi connectivity index (χ0n) is 17.4. The monoisotopic (exact) mass is 426 g/mol. The van der Waals surface area contributed by atoms with Crippen molar-refractivity contribution in [2.24, 2.45) is 0 Å². The van der Waals surface area contributed by atoms with Crippen molar-refractivity contribution in [2.45, 2.75) is 12.5 Å². The van der Waals surface area contributed by atoms with Crippen molar-refractivity contribution in [3.05, 3.63) is 96.3 Å². The molecule has 0 radical (unpaired) electrons. The highest BCUT2D eigenvalue weighted by molar-refractivity contribution is 5.98. The molecule has 1 atom stereocenters. The Bertz CT molecular complexity index is 1230. The highest BCUT2D eigenvalue weighted by atomic mass is 16.5. The Labute approximate surface area is 185 Å². The van der Waals surface area contributed by atoms with Crippen LogP contribution < -0.4 is 15.0 Å². The van der Waals surface area contributed by atoms with Crippen molar-refractivity contribution in [3.63, 3.8) is 0 Å². The highest BCUT2D eigenvalue weighted by Crippen LogP contribution is 2.32. The van der Waals surface area contributed by atoms with Gasteiger partial charge >= 0.3 is 0 Å². The van der Waals surface area contributed by atoms with Gasteiger partial charge in [0.25, 0.3) is 5.91 Å². The molecule has 6 nitrogen and oxygen atoms in total. The summed E-state index contributed by atoms with van der Waals surface area (Å²) < 4.78 is 11.5. The fraction of sp³-hybridized carbons (Fsp3) is 0.154. The van der Waals surface area contributed by atoms with Crippen molar-refractivity contribution in [1.82, 2.24) is 5.32 Å². The summed E-state index contributed by atoms with van der Waals surface area (Å²) in [6.07, 6.45) is 0.156. The Morgan fingerprint density at radius 1 is 0.969 bits per heavy atom. The predicted octanol–water partition coefficient (Wildman–Crippen LogP) is 4.45. The predicted molar refractivity (Wildman–Crippen MR) is 122 cm³/mol. The van der Waals surface area contributed by atoms with Crippen LogP contribution in [0, 0.1) is 0 Å². The molecule has 1 aliphatic rings. The molecule has 160 valence electrons. The van der Waals surface area contributed by atoms with Gasteiger partial charge in [0.05, 0.1) is 5.69 Å². The summed E-state index contributed by atoms with van der Waals surface area (Å²) in [6.45, 7) is 0.247. The molecule has 6 heteroatoms. The molecular formula is C26H22N2O4. The fourth-order valence-electron chi connectivity index (χ4n) is 3.95. The number of para-hydroxylation sites is 3. The summed E-state index contributed by atoms with van der Waals surface area (Å²) in [4.78, 5) is 27.0. The third kappa shape index (κ3) is 3.95. The number of furan rings is 1. The molecule has 0 saturated carbocycles. The molecule has 0 aliphatic carbocycles. The number of hydrogen-bond acceptors (Lipinski definition) is 4. The van der Waals surface area contributed by atoms with Crippen LogP contribution in [-0.4, -0.2) is 25.0 Å². The van der Waals surface area contributed by atoms with E-state index in [0.29, 0.717) is 17.2 Å². The summed E-state index contributed by atoms with van der Waals surface area (Å²) in [7, 11) is 0. The largest absolute Gasteiger partial charge is 0.482 e. The van der Waals surface area contributed by atoms with Crippen molar-refractivity contribution in [1.29, 1.82) is 0 Å². The van der Waals surface area contributed by atoms with Crippen LogP contribution in [0.15, 0.2) is 89.3 Å². The maximum atomic E-state index is 13.0. The molecule has 5 rings (SSSR count).